The maximum Gasteiger partial charge on any atom is 0.322 e. The molecular weight excluding hydrogens is 420 g/mol. The van der Waals surface area contributed by atoms with E-state index in [2.05, 4.69) is 15.6 Å². The first kappa shape index (κ1) is 21.7. The molecule has 0 saturated carbocycles. The smallest absolute Gasteiger partial charge is 0.322 e. The Morgan fingerprint density at radius 3 is 2.61 bits per heavy atom. The summed E-state index contributed by atoms with van der Waals surface area (Å²) in [6, 6.07) is 9.27. The highest BCUT2D eigenvalue weighted by atomic mass is 32.2. The van der Waals surface area contributed by atoms with E-state index in [4.69, 9.17) is 4.74 Å². The number of benzene rings is 1. The second kappa shape index (κ2) is 8.18. The van der Waals surface area contributed by atoms with Crippen molar-refractivity contribution in [3.05, 3.63) is 41.6 Å². The molecule has 2 aliphatic heterocycles. The van der Waals surface area contributed by atoms with Gasteiger partial charge in [-0.3, -0.25) is 15.1 Å². The molecule has 2 saturated heterocycles. The lowest BCUT2D eigenvalue weighted by atomic mass is 10.1. The highest BCUT2D eigenvalue weighted by Gasteiger charge is 2.46. The van der Waals surface area contributed by atoms with Crippen LogP contribution in [0.2, 0.25) is 0 Å². The monoisotopic (exact) mass is 446 g/mol. The van der Waals surface area contributed by atoms with Crippen molar-refractivity contribution in [2.24, 2.45) is 0 Å². The molecule has 0 radical (unpaired) electrons. The average molecular weight is 447 g/mol. The molecule has 9 nitrogen and oxygen atoms in total. The maximum atomic E-state index is 12.8. The highest BCUT2D eigenvalue weighted by Crippen LogP contribution is 2.24. The fourth-order valence-electron chi connectivity index (χ4n) is 4.14. The van der Waals surface area contributed by atoms with Crippen molar-refractivity contribution < 1.29 is 22.7 Å². The van der Waals surface area contributed by atoms with Crippen LogP contribution >= 0.6 is 0 Å². The Morgan fingerprint density at radius 1 is 1.23 bits per heavy atom. The summed E-state index contributed by atoms with van der Waals surface area (Å²) in [6.45, 7) is 4.43. The molecule has 2 aliphatic rings. The van der Waals surface area contributed by atoms with Gasteiger partial charge in [0, 0.05) is 24.2 Å². The summed E-state index contributed by atoms with van der Waals surface area (Å²) in [7, 11) is -3.71. The molecule has 1 aromatic carbocycles. The first-order chi connectivity index (χ1) is 14.7. The van der Waals surface area contributed by atoms with Gasteiger partial charge in [0.15, 0.2) is 0 Å². The summed E-state index contributed by atoms with van der Waals surface area (Å²) in [6.07, 6.45) is 1.08. The number of amides is 3. The predicted octanol–water partition coefficient (Wildman–Crippen LogP) is 1.45. The molecule has 0 unspecified atom stereocenters. The number of hydrogen-bond donors (Lipinski definition) is 2. The number of nitrogens with zero attached hydrogens (tertiary/aromatic N) is 2. The summed E-state index contributed by atoms with van der Waals surface area (Å²) >= 11 is 0. The second-order valence-electron chi connectivity index (χ2n) is 8.35. The molecule has 3 heterocycles. The van der Waals surface area contributed by atoms with Gasteiger partial charge in [-0.15, -0.1) is 0 Å². The molecular formula is C21H26N4O5S. The zero-order valence-electron chi connectivity index (χ0n) is 17.6. The number of para-hydroxylation sites is 1. The topological polar surface area (TPSA) is 118 Å². The van der Waals surface area contributed by atoms with Crippen LogP contribution in [0.3, 0.4) is 0 Å². The van der Waals surface area contributed by atoms with Crippen LogP contribution in [-0.2, 0) is 26.2 Å². The van der Waals surface area contributed by atoms with Crippen LogP contribution in [0, 0.1) is 6.92 Å². The molecule has 0 bridgehead atoms. The second-order valence-corrected chi connectivity index (χ2v) is 10.3. The minimum absolute atomic E-state index is 0.0521. The molecule has 10 heteroatoms. The lowest BCUT2D eigenvalue weighted by Crippen LogP contribution is -2.53. The number of carbonyl (C=O) groups is 2. The summed E-state index contributed by atoms with van der Waals surface area (Å²) in [4.78, 5) is 27.9. The van der Waals surface area contributed by atoms with Gasteiger partial charge in [0.2, 0.25) is 10.0 Å². The number of carbonyl (C=O) groups excluding carboxylic acids is 2. The van der Waals surface area contributed by atoms with Crippen LogP contribution in [-0.4, -0.2) is 60.1 Å². The van der Waals surface area contributed by atoms with Gasteiger partial charge in [-0.1, -0.05) is 18.2 Å². The van der Waals surface area contributed by atoms with Gasteiger partial charge >= 0.3 is 6.03 Å². The summed E-state index contributed by atoms with van der Waals surface area (Å²) in [5.74, 6) is -1.09. The van der Waals surface area contributed by atoms with Crippen LogP contribution in [0.5, 0.6) is 0 Å². The molecule has 1 aromatic heterocycles. The Balaban J connectivity index is 1.35. The van der Waals surface area contributed by atoms with Crippen molar-refractivity contribution in [3.63, 3.8) is 0 Å². The standard InChI is InChI=1S/C21H26N4O5S/c1-14-11-15(17-5-3-4-6-18(17)22-14)12-30-16-7-9-25(10-8-16)31(28,29)13-21(2)19(26)23-20(27)24-21/h3-6,11,16H,7-10,12-13H2,1-2H3,(H2,23,24,26,27)/t21-/m1/s1. The number of sulfonamides is 1. The zero-order valence-corrected chi connectivity index (χ0v) is 18.4. The van der Waals surface area contributed by atoms with Crippen LogP contribution in [0.1, 0.15) is 31.0 Å². The van der Waals surface area contributed by atoms with Gasteiger partial charge < -0.3 is 10.1 Å². The number of hydrogen-bond acceptors (Lipinski definition) is 6. The number of imide groups is 1. The normalized spacial score (nSPS) is 23.2. The van der Waals surface area contributed by atoms with E-state index in [1.165, 1.54) is 11.2 Å². The third kappa shape index (κ3) is 4.56. The summed E-state index contributed by atoms with van der Waals surface area (Å²) < 4.78 is 33.1. The minimum atomic E-state index is -3.71. The van der Waals surface area contributed by atoms with Crippen LogP contribution in [0.15, 0.2) is 30.3 Å². The lowest BCUT2D eigenvalue weighted by molar-refractivity contribution is -0.122. The number of aryl methyl sites for hydroxylation is 1. The van der Waals surface area contributed by atoms with Crippen LogP contribution in [0.25, 0.3) is 10.9 Å². The number of nitrogens with one attached hydrogen (secondary N) is 2. The molecule has 0 aliphatic carbocycles. The third-order valence-corrected chi connectivity index (χ3v) is 7.88. The van der Waals surface area contributed by atoms with E-state index in [0.29, 0.717) is 32.5 Å². The van der Waals surface area contributed by atoms with Gasteiger partial charge in [-0.25, -0.2) is 17.5 Å². The number of ether oxygens (including phenoxy) is 1. The summed E-state index contributed by atoms with van der Waals surface area (Å²) in [5.41, 5.74) is 1.46. The quantitative estimate of drug-likeness (QED) is 0.649. The summed E-state index contributed by atoms with van der Waals surface area (Å²) in [5, 5.41) is 5.55. The fourth-order valence-corrected chi connectivity index (χ4v) is 6.02. The molecule has 3 amide bonds. The van der Waals surface area contributed by atoms with Gasteiger partial charge in [0.25, 0.3) is 5.91 Å². The van der Waals surface area contributed by atoms with E-state index >= 15 is 0 Å². The first-order valence-corrected chi connectivity index (χ1v) is 11.9. The molecule has 0 spiro atoms. The number of piperidine rings is 1. The number of rotatable bonds is 6. The van der Waals surface area contributed by atoms with E-state index in [-0.39, 0.29) is 6.10 Å². The van der Waals surface area contributed by atoms with Crippen molar-refractivity contribution in [1.82, 2.24) is 19.9 Å². The van der Waals surface area contributed by atoms with Crippen LogP contribution in [0.4, 0.5) is 4.79 Å². The van der Waals surface area contributed by atoms with Crippen molar-refractivity contribution in [3.8, 4) is 0 Å². The maximum absolute atomic E-state index is 12.8. The van der Waals surface area contributed by atoms with Crippen LogP contribution < -0.4 is 10.6 Å². The highest BCUT2D eigenvalue weighted by molar-refractivity contribution is 7.89. The van der Waals surface area contributed by atoms with Gasteiger partial charge in [-0.05, 0) is 44.4 Å². The van der Waals surface area contributed by atoms with Crippen molar-refractivity contribution in [1.29, 1.82) is 0 Å². The Labute approximate surface area is 181 Å². The number of aromatic nitrogens is 1. The molecule has 4 rings (SSSR count). The average Bonchev–Trinajstić information content (AvgIpc) is 2.96. The Morgan fingerprint density at radius 2 is 1.94 bits per heavy atom. The van der Waals surface area contributed by atoms with Crippen molar-refractivity contribution in [2.45, 2.75) is 44.9 Å². The fraction of sp³-hybridized carbons (Fsp3) is 0.476. The Hall–Kier alpha value is -2.56. The predicted molar refractivity (Wildman–Crippen MR) is 115 cm³/mol. The molecule has 2 fully saturated rings. The largest absolute Gasteiger partial charge is 0.373 e. The van der Waals surface area contributed by atoms with Crippen molar-refractivity contribution in [2.75, 3.05) is 18.8 Å². The van der Waals surface area contributed by atoms with E-state index in [1.54, 1.807) is 0 Å². The lowest BCUT2D eigenvalue weighted by Gasteiger charge is -2.33. The van der Waals surface area contributed by atoms with Gasteiger partial charge in [0.1, 0.15) is 5.54 Å². The Bertz CT molecular complexity index is 1130. The van der Waals surface area contributed by atoms with Crippen molar-refractivity contribution >= 4 is 32.9 Å². The molecule has 31 heavy (non-hydrogen) atoms. The molecule has 2 aromatic rings. The Kier molecular flexibility index (Phi) is 5.71. The number of urea groups is 1. The van der Waals surface area contributed by atoms with E-state index in [1.807, 2.05) is 37.3 Å². The third-order valence-electron chi connectivity index (χ3n) is 5.79. The van der Waals surface area contributed by atoms with E-state index < -0.39 is 33.3 Å². The molecule has 166 valence electrons. The minimum Gasteiger partial charge on any atom is -0.373 e. The number of fused-ring (bicyclic) bond motifs is 1. The van der Waals surface area contributed by atoms with Gasteiger partial charge in [-0.2, -0.15) is 0 Å². The van der Waals surface area contributed by atoms with E-state index in [9.17, 15) is 18.0 Å². The number of pyridine rings is 1. The van der Waals surface area contributed by atoms with Gasteiger partial charge in [0.05, 0.1) is 24.0 Å². The molecule has 2 N–H and O–H groups in total. The SMILES string of the molecule is Cc1cc(COC2CCN(S(=O)(=O)C[C@@]3(C)NC(=O)NC3=O)CC2)c2ccccc2n1. The van der Waals surface area contributed by atoms with E-state index in [0.717, 1.165) is 22.2 Å². The first-order valence-electron chi connectivity index (χ1n) is 10.2. The zero-order chi connectivity index (χ0) is 22.2. The molecule has 1 atom stereocenters.